The van der Waals surface area contributed by atoms with E-state index >= 15 is 0 Å². The fraction of sp³-hybridized carbons (Fsp3) is 0.667. The molecule has 2 rings (SSSR count). The molecule has 27 heavy (non-hydrogen) atoms. The molecule has 1 heterocycles. The molecular weight excluding hydrogens is 342 g/mol. The van der Waals surface area contributed by atoms with Gasteiger partial charge in [0, 0.05) is 39.2 Å². The van der Waals surface area contributed by atoms with Crippen LogP contribution in [0.25, 0.3) is 0 Å². The lowest BCUT2D eigenvalue weighted by molar-refractivity contribution is 0.0536. The number of hydrogen-bond donors (Lipinski definition) is 1. The molecule has 1 unspecified atom stereocenters. The first-order valence-corrected chi connectivity index (χ1v) is 9.99. The number of nitrogens with zero attached hydrogens (tertiary/aromatic N) is 2. The molecule has 1 aromatic carbocycles. The van der Waals surface area contributed by atoms with Crippen molar-refractivity contribution in [1.29, 1.82) is 0 Å². The van der Waals surface area contributed by atoms with Crippen LogP contribution >= 0.6 is 0 Å². The molecular formula is C21H35N3O3. The molecule has 1 fully saturated rings. The number of hydrogen-bond acceptors (Lipinski definition) is 4. The van der Waals surface area contributed by atoms with E-state index in [-0.39, 0.29) is 0 Å². The Morgan fingerprint density at radius 1 is 1.30 bits per heavy atom. The van der Waals surface area contributed by atoms with E-state index in [0.717, 1.165) is 63.8 Å². The first kappa shape index (κ1) is 21.5. The molecule has 0 spiro atoms. The van der Waals surface area contributed by atoms with Crippen LogP contribution in [0.4, 0.5) is 0 Å². The number of likely N-dealkylation sites (tertiary alicyclic amines) is 1. The highest BCUT2D eigenvalue weighted by molar-refractivity contribution is 5.80. The second-order valence-electron chi connectivity index (χ2n) is 6.86. The smallest absolute Gasteiger partial charge is 0.193 e. The third-order valence-corrected chi connectivity index (χ3v) is 4.72. The van der Waals surface area contributed by atoms with E-state index in [0.29, 0.717) is 19.1 Å². The zero-order chi connectivity index (χ0) is 19.3. The summed E-state index contributed by atoms with van der Waals surface area (Å²) in [6.07, 6.45) is 3.19. The minimum Gasteiger partial charge on any atom is -0.497 e. The number of methoxy groups -OCH3 is 2. The van der Waals surface area contributed by atoms with E-state index in [4.69, 9.17) is 19.2 Å². The molecule has 6 nitrogen and oxygen atoms in total. The average molecular weight is 378 g/mol. The molecule has 152 valence electrons. The second kappa shape index (κ2) is 12.6. The van der Waals surface area contributed by atoms with Gasteiger partial charge in [-0.2, -0.15) is 0 Å². The SMILES string of the molecule is CCNC(=NCCCc1cccc(OC)c1)N1CCC(COCCOC)C1. The lowest BCUT2D eigenvalue weighted by Crippen LogP contribution is -2.40. The summed E-state index contributed by atoms with van der Waals surface area (Å²) in [5.74, 6) is 2.52. The molecule has 1 atom stereocenters. The Morgan fingerprint density at radius 3 is 2.96 bits per heavy atom. The van der Waals surface area contributed by atoms with Gasteiger partial charge in [0.2, 0.25) is 0 Å². The van der Waals surface area contributed by atoms with Gasteiger partial charge in [-0.1, -0.05) is 12.1 Å². The Labute approximate surface area is 163 Å². The van der Waals surface area contributed by atoms with E-state index in [1.165, 1.54) is 5.56 Å². The summed E-state index contributed by atoms with van der Waals surface area (Å²) in [6, 6.07) is 8.27. The predicted molar refractivity (Wildman–Crippen MR) is 110 cm³/mol. The highest BCUT2D eigenvalue weighted by Crippen LogP contribution is 2.17. The van der Waals surface area contributed by atoms with Crippen LogP contribution in [0.1, 0.15) is 25.3 Å². The first-order chi connectivity index (χ1) is 13.3. The molecule has 0 aromatic heterocycles. The van der Waals surface area contributed by atoms with Crippen molar-refractivity contribution < 1.29 is 14.2 Å². The van der Waals surface area contributed by atoms with E-state index in [2.05, 4.69) is 29.3 Å². The van der Waals surface area contributed by atoms with Gasteiger partial charge >= 0.3 is 0 Å². The number of rotatable bonds is 11. The van der Waals surface area contributed by atoms with Crippen molar-refractivity contribution in [2.75, 3.05) is 60.2 Å². The quantitative estimate of drug-likeness (QED) is 0.365. The molecule has 1 N–H and O–H groups in total. The van der Waals surface area contributed by atoms with E-state index in [9.17, 15) is 0 Å². The molecule has 1 aromatic rings. The Balaban J connectivity index is 1.76. The molecule has 0 bridgehead atoms. The van der Waals surface area contributed by atoms with Crippen LogP contribution in [0.15, 0.2) is 29.3 Å². The van der Waals surface area contributed by atoms with Gasteiger partial charge in [-0.25, -0.2) is 0 Å². The van der Waals surface area contributed by atoms with Gasteiger partial charge in [0.15, 0.2) is 5.96 Å². The third-order valence-electron chi connectivity index (χ3n) is 4.72. The molecule has 0 saturated carbocycles. The number of aliphatic imine (C=N–C) groups is 1. The van der Waals surface area contributed by atoms with Crippen LogP contribution in [-0.4, -0.2) is 71.1 Å². The maximum atomic E-state index is 5.69. The van der Waals surface area contributed by atoms with Crippen LogP contribution in [0.3, 0.4) is 0 Å². The lowest BCUT2D eigenvalue weighted by Gasteiger charge is -2.21. The van der Waals surface area contributed by atoms with Crippen molar-refractivity contribution in [3.63, 3.8) is 0 Å². The highest BCUT2D eigenvalue weighted by Gasteiger charge is 2.24. The van der Waals surface area contributed by atoms with Crippen LogP contribution in [0, 0.1) is 5.92 Å². The molecule has 0 radical (unpaired) electrons. The summed E-state index contributed by atoms with van der Waals surface area (Å²) in [5, 5.41) is 3.43. The minimum absolute atomic E-state index is 0.572. The molecule has 0 amide bonds. The number of ether oxygens (including phenoxy) is 3. The molecule has 1 saturated heterocycles. The summed E-state index contributed by atoms with van der Waals surface area (Å²) in [5.41, 5.74) is 1.30. The largest absolute Gasteiger partial charge is 0.497 e. The lowest BCUT2D eigenvalue weighted by atomic mass is 10.1. The number of benzene rings is 1. The number of aryl methyl sites for hydroxylation is 1. The number of nitrogens with one attached hydrogen (secondary N) is 1. The van der Waals surface area contributed by atoms with Crippen molar-refractivity contribution in [3.05, 3.63) is 29.8 Å². The zero-order valence-electron chi connectivity index (χ0n) is 17.1. The minimum atomic E-state index is 0.572. The third kappa shape index (κ3) is 7.77. The predicted octanol–water partition coefficient (Wildman–Crippen LogP) is 2.58. The summed E-state index contributed by atoms with van der Waals surface area (Å²) in [7, 11) is 3.41. The average Bonchev–Trinajstić information content (AvgIpc) is 3.16. The Bertz CT molecular complexity index is 565. The van der Waals surface area contributed by atoms with Crippen molar-refractivity contribution >= 4 is 5.96 Å². The van der Waals surface area contributed by atoms with Gasteiger partial charge in [0.25, 0.3) is 0 Å². The van der Waals surface area contributed by atoms with Crippen molar-refractivity contribution in [2.24, 2.45) is 10.9 Å². The molecule has 1 aliphatic heterocycles. The van der Waals surface area contributed by atoms with Crippen molar-refractivity contribution in [1.82, 2.24) is 10.2 Å². The molecule has 0 aliphatic carbocycles. The monoisotopic (exact) mass is 377 g/mol. The van der Waals surface area contributed by atoms with Gasteiger partial charge in [-0.15, -0.1) is 0 Å². The normalized spacial score (nSPS) is 17.4. The highest BCUT2D eigenvalue weighted by atomic mass is 16.5. The van der Waals surface area contributed by atoms with E-state index in [1.54, 1.807) is 14.2 Å². The zero-order valence-corrected chi connectivity index (χ0v) is 17.1. The second-order valence-corrected chi connectivity index (χ2v) is 6.86. The Hall–Kier alpha value is -1.79. The van der Waals surface area contributed by atoms with E-state index in [1.807, 2.05) is 12.1 Å². The maximum absolute atomic E-state index is 5.69. The van der Waals surface area contributed by atoms with Gasteiger partial charge in [-0.3, -0.25) is 4.99 Å². The number of guanidine groups is 1. The summed E-state index contributed by atoms with van der Waals surface area (Å²) in [4.78, 5) is 7.20. The van der Waals surface area contributed by atoms with Gasteiger partial charge in [0.05, 0.1) is 26.9 Å². The Morgan fingerprint density at radius 2 is 2.19 bits per heavy atom. The summed E-state index contributed by atoms with van der Waals surface area (Å²) >= 11 is 0. The summed E-state index contributed by atoms with van der Waals surface area (Å²) < 4.78 is 16.0. The fourth-order valence-electron chi connectivity index (χ4n) is 3.28. The fourth-order valence-corrected chi connectivity index (χ4v) is 3.28. The maximum Gasteiger partial charge on any atom is 0.193 e. The van der Waals surface area contributed by atoms with Crippen LogP contribution in [-0.2, 0) is 15.9 Å². The topological polar surface area (TPSA) is 55.3 Å². The first-order valence-electron chi connectivity index (χ1n) is 9.99. The van der Waals surface area contributed by atoms with Crippen molar-refractivity contribution in [2.45, 2.75) is 26.2 Å². The van der Waals surface area contributed by atoms with Crippen LogP contribution < -0.4 is 10.1 Å². The van der Waals surface area contributed by atoms with Gasteiger partial charge in [0.1, 0.15) is 5.75 Å². The Kier molecular flexibility index (Phi) is 10.0. The molecule has 6 heteroatoms. The standard InChI is InChI=1S/C21H35N3O3/c1-4-22-21(24-12-10-19(16-24)17-27-14-13-25-2)23-11-6-8-18-7-5-9-20(15-18)26-3/h5,7,9,15,19H,4,6,8,10-14,16-17H2,1-3H3,(H,22,23). The summed E-state index contributed by atoms with van der Waals surface area (Å²) in [6.45, 7) is 8.02. The molecule has 1 aliphatic rings. The van der Waals surface area contributed by atoms with Crippen LogP contribution in [0.5, 0.6) is 5.75 Å². The van der Waals surface area contributed by atoms with Crippen LogP contribution in [0.2, 0.25) is 0 Å². The van der Waals surface area contributed by atoms with Gasteiger partial charge in [-0.05, 0) is 43.9 Å². The van der Waals surface area contributed by atoms with E-state index < -0.39 is 0 Å². The van der Waals surface area contributed by atoms with Gasteiger partial charge < -0.3 is 24.4 Å². The van der Waals surface area contributed by atoms with Crippen molar-refractivity contribution in [3.8, 4) is 5.75 Å².